The molecule has 3 nitrogen and oxygen atoms in total. The van der Waals surface area contributed by atoms with Crippen molar-refractivity contribution in [3.8, 4) is 0 Å². The van der Waals surface area contributed by atoms with Gasteiger partial charge in [-0.25, -0.2) is 4.79 Å². The average Bonchev–Trinajstić information content (AvgIpc) is 2.26. The molecule has 98 valence electrons. The summed E-state index contributed by atoms with van der Waals surface area (Å²) < 4.78 is 40.2. The second-order valence-corrected chi connectivity index (χ2v) is 3.49. The van der Waals surface area contributed by atoms with Crippen LogP contribution in [0.4, 0.5) is 17.7 Å². The van der Waals surface area contributed by atoms with E-state index in [1.165, 1.54) is 0 Å². The molecule has 0 atom stereocenters. The van der Waals surface area contributed by atoms with E-state index in [-0.39, 0.29) is 112 Å². The van der Waals surface area contributed by atoms with Gasteiger partial charge < -0.3 is 25.9 Å². The molecule has 0 radical (unpaired) electrons. The third kappa shape index (κ3) is 13.0. The van der Waals surface area contributed by atoms with Crippen LogP contribution in [0.25, 0.3) is 0 Å². The van der Waals surface area contributed by atoms with Crippen molar-refractivity contribution in [3.63, 3.8) is 0 Å². The van der Waals surface area contributed by atoms with Crippen LogP contribution < -0.4 is 108 Å². The molecule has 0 aliphatic carbocycles. The molecule has 0 unspecified atom stereocenters. The summed E-state index contributed by atoms with van der Waals surface area (Å²) in [5, 5.41) is 2.04. The van der Waals surface area contributed by atoms with Crippen LogP contribution in [0.2, 0.25) is 6.32 Å². The van der Waals surface area contributed by atoms with Gasteiger partial charge >= 0.3 is 116 Å². The van der Waals surface area contributed by atoms with Gasteiger partial charge in [0.05, 0.1) is 0 Å². The average molecular weight is 326 g/mol. The Kier molecular flexibility index (Phi) is 14.7. The summed E-state index contributed by atoms with van der Waals surface area (Å²) in [5.41, 5.74) is 0.780. The van der Waals surface area contributed by atoms with Crippen LogP contribution in [0.5, 0.6) is 0 Å². The maximum atomic E-state index is 11.8. The Labute approximate surface area is 198 Å². The van der Waals surface area contributed by atoms with Gasteiger partial charge in [0, 0.05) is 0 Å². The smallest absolute Gasteiger partial charge is 1.00 e. The Hall–Kier alpha value is 1.62. The van der Waals surface area contributed by atoms with Gasteiger partial charge in [0.2, 0.25) is 0 Å². The first-order valence-electron chi connectivity index (χ1n) is 5.13. The fourth-order valence-corrected chi connectivity index (χ4v) is 1.11. The van der Waals surface area contributed by atoms with Crippen molar-refractivity contribution < 1.29 is 128 Å². The molecule has 1 aromatic rings. The first-order chi connectivity index (χ1) is 7.97. The Balaban J connectivity index is -0.000000361. The number of hydrogen-bond donors (Lipinski definition) is 1. The second-order valence-electron chi connectivity index (χ2n) is 3.49. The van der Waals surface area contributed by atoms with Crippen LogP contribution in [0, 0.1) is 0 Å². The molecule has 0 fully saturated rings. The SMILES string of the molecule is O=C(NCC[B-](F)(F)F)OCc1ccccc1.[H-].[H-].[K+].[K+]. The Morgan fingerprint density at radius 3 is 2.32 bits per heavy atom. The standard InChI is InChI=1S/C10H12BF3NO2.2K.2H/c12-11(13,14)6-7-15-10(16)17-8-9-4-2-1-3-5-9;;;;/h1-5H,6-8H2,(H,15,16);;;;/q-1;2*+1;2*-1. The molecule has 0 aliphatic rings. The summed E-state index contributed by atoms with van der Waals surface area (Å²) in [6.45, 7) is -5.26. The van der Waals surface area contributed by atoms with Crippen molar-refractivity contribution in [2.45, 2.75) is 12.9 Å². The van der Waals surface area contributed by atoms with Gasteiger partial charge in [-0.1, -0.05) is 36.7 Å². The number of rotatable bonds is 5. The zero-order chi connectivity index (χ0) is 12.7. The molecular formula is C10H14BF3K2NO2-. The number of amides is 1. The molecular weight excluding hydrogens is 312 g/mol. The van der Waals surface area contributed by atoms with Crippen molar-refractivity contribution in [2.24, 2.45) is 0 Å². The van der Waals surface area contributed by atoms with E-state index >= 15 is 0 Å². The minimum atomic E-state index is -4.86. The topological polar surface area (TPSA) is 38.3 Å². The molecule has 0 spiro atoms. The third-order valence-corrected chi connectivity index (χ3v) is 1.95. The van der Waals surface area contributed by atoms with Crippen LogP contribution in [-0.4, -0.2) is 19.6 Å². The molecule has 0 heterocycles. The number of benzene rings is 1. The molecule has 1 amide bonds. The van der Waals surface area contributed by atoms with E-state index in [4.69, 9.17) is 4.74 Å². The summed E-state index contributed by atoms with van der Waals surface area (Å²) in [6.07, 6.45) is -1.84. The molecule has 0 saturated carbocycles. The molecule has 0 bridgehead atoms. The minimum absolute atomic E-state index is 0. The van der Waals surface area contributed by atoms with E-state index in [0.29, 0.717) is 0 Å². The summed E-state index contributed by atoms with van der Waals surface area (Å²) in [6, 6.07) is 8.89. The van der Waals surface area contributed by atoms with Crippen molar-refractivity contribution in [1.29, 1.82) is 0 Å². The van der Waals surface area contributed by atoms with Crippen molar-refractivity contribution in [2.75, 3.05) is 6.54 Å². The summed E-state index contributed by atoms with van der Waals surface area (Å²) in [5.74, 6) is 0. The predicted octanol–water partition coefficient (Wildman–Crippen LogP) is -3.01. The Bertz CT molecular complexity index is 375. The summed E-state index contributed by atoms with van der Waals surface area (Å²) in [7, 11) is 0. The number of carbonyl (C=O) groups excluding carboxylic acids is 1. The maximum Gasteiger partial charge on any atom is 1.00 e. The van der Waals surface area contributed by atoms with Crippen molar-refractivity contribution in [1.82, 2.24) is 5.32 Å². The Morgan fingerprint density at radius 1 is 1.21 bits per heavy atom. The molecule has 9 heteroatoms. The number of alkyl carbamates (subject to hydrolysis) is 1. The zero-order valence-corrected chi connectivity index (χ0v) is 17.3. The molecule has 0 aromatic heterocycles. The van der Waals surface area contributed by atoms with Crippen LogP contribution in [-0.2, 0) is 11.3 Å². The second kappa shape index (κ2) is 12.2. The van der Waals surface area contributed by atoms with E-state index in [9.17, 15) is 17.7 Å². The fourth-order valence-electron chi connectivity index (χ4n) is 1.11. The summed E-state index contributed by atoms with van der Waals surface area (Å²) >= 11 is 0. The predicted molar refractivity (Wildman–Crippen MR) is 60.7 cm³/mol. The molecule has 19 heavy (non-hydrogen) atoms. The fraction of sp³-hybridized carbons (Fsp3) is 0.300. The van der Waals surface area contributed by atoms with Gasteiger partial charge in [0.25, 0.3) is 0 Å². The van der Waals surface area contributed by atoms with Crippen LogP contribution in [0.15, 0.2) is 30.3 Å². The number of carbonyl (C=O) groups is 1. The third-order valence-electron chi connectivity index (χ3n) is 1.95. The maximum absolute atomic E-state index is 11.8. The first kappa shape index (κ1) is 22.9. The van der Waals surface area contributed by atoms with Crippen LogP contribution >= 0.6 is 0 Å². The van der Waals surface area contributed by atoms with Gasteiger partial charge in [-0.15, -0.1) is 0 Å². The summed E-state index contributed by atoms with van der Waals surface area (Å²) in [4.78, 5) is 11.0. The van der Waals surface area contributed by atoms with Gasteiger partial charge in [0.1, 0.15) is 6.61 Å². The molecule has 1 aromatic carbocycles. The van der Waals surface area contributed by atoms with Gasteiger partial charge in [0.15, 0.2) is 0 Å². The van der Waals surface area contributed by atoms with Gasteiger partial charge in [-0.3, -0.25) is 0 Å². The van der Waals surface area contributed by atoms with E-state index in [1.807, 2.05) is 11.4 Å². The van der Waals surface area contributed by atoms with Gasteiger partial charge in [-0.05, 0) is 12.1 Å². The monoisotopic (exact) mass is 326 g/mol. The molecule has 0 saturated heterocycles. The van der Waals surface area contributed by atoms with E-state index in [1.54, 1.807) is 24.3 Å². The number of ether oxygens (including phenoxy) is 1. The normalized spacial score (nSPS) is 9.84. The first-order valence-corrected chi connectivity index (χ1v) is 5.13. The van der Waals surface area contributed by atoms with Crippen LogP contribution in [0.3, 0.4) is 0 Å². The number of hydrogen-bond acceptors (Lipinski definition) is 2. The van der Waals surface area contributed by atoms with Crippen molar-refractivity contribution in [3.05, 3.63) is 35.9 Å². The van der Waals surface area contributed by atoms with Crippen molar-refractivity contribution >= 4 is 13.1 Å². The number of halogens is 3. The molecule has 1 rings (SSSR count). The van der Waals surface area contributed by atoms with E-state index < -0.39 is 25.9 Å². The van der Waals surface area contributed by atoms with E-state index in [2.05, 4.69) is 0 Å². The molecule has 0 aliphatic heterocycles. The van der Waals surface area contributed by atoms with Gasteiger partial charge in [-0.2, -0.15) is 0 Å². The zero-order valence-electron chi connectivity index (χ0n) is 13.0. The minimum Gasteiger partial charge on any atom is -1.00 e. The largest absolute Gasteiger partial charge is 1.00 e. The van der Waals surface area contributed by atoms with E-state index in [0.717, 1.165) is 5.56 Å². The Morgan fingerprint density at radius 2 is 1.79 bits per heavy atom. The van der Waals surface area contributed by atoms with Crippen LogP contribution in [0.1, 0.15) is 8.42 Å². The molecule has 1 N–H and O–H groups in total. The quantitative estimate of drug-likeness (QED) is 0.586. The number of nitrogens with one attached hydrogen (secondary N) is 1.